The Labute approximate surface area is 206 Å². The number of aromatic nitrogens is 2. The average molecular weight is 487 g/mol. The molecule has 2 aromatic rings. The number of amides is 1. The minimum Gasteiger partial charge on any atom is -0.492 e. The summed E-state index contributed by atoms with van der Waals surface area (Å²) in [6, 6.07) is 6.78. The predicted molar refractivity (Wildman–Crippen MR) is 133 cm³/mol. The molecule has 2 saturated heterocycles. The average Bonchev–Trinajstić information content (AvgIpc) is 3.48. The van der Waals surface area contributed by atoms with Crippen LogP contribution in [0.25, 0.3) is 11.3 Å². The smallest absolute Gasteiger partial charge is 0.238 e. The molecule has 0 aliphatic carbocycles. The molecule has 0 bridgehead atoms. The first kappa shape index (κ1) is 25.6. The molecule has 0 radical (unpaired) electrons. The fourth-order valence-corrected chi connectivity index (χ4v) is 4.92. The second-order valence-electron chi connectivity index (χ2n) is 9.31. The summed E-state index contributed by atoms with van der Waals surface area (Å²) in [4.78, 5) is 17.2. The lowest BCUT2D eigenvalue weighted by molar-refractivity contribution is -0.126. The van der Waals surface area contributed by atoms with E-state index in [9.17, 15) is 15.0 Å². The number of piperazine rings is 1. The summed E-state index contributed by atoms with van der Waals surface area (Å²) in [7, 11) is 1.82. The van der Waals surface area contributed by atoms with Gasteiger partial charge in [-0.3, -0.25) is 19.3 Å². The van der Waals surface area contributed by atoms with Crippen LogP contribution in [0.15, 0.2) is 30.5 Å². The first-order chi connectivity index (χ1) is 17.0. The number of hydrogen-bond acceptors (Lipinski definition) is 8. The highest BCUT2D eigenvalue weighted by atomic mass is 16.5. The molecule has 10 nitrogen and oxygen atoms in total. The first-order valence-electron chi connectivity index (χ1n) is 12.5. The molecular formula is C25H38N6O4. The molecule has 2 fully saturated rings. The van der Waals surface area contributed by atoms with Crippen LogP contribution in [0.3, 0.4) is 0 Å². The molecule has 3 atom stereocenters. The monoisotopic (exact) mass is 486 g/mol. The standard InChI is InChI=1S/C25H38N6O4/c1-3-31-22(6-7-27-31)18-4-5-20(24(14-18)35-13-12-30-10-8-26-9-11-30)21(17-32)28-25(34)23-15-19(33)16-29(23)2/h4-7,14,19,21,23,26,32-33H,3,8-13,15-17H2,1-2H3,(H,28,34). The van der Waals surface area contributed by atoms with Gasteiger partial charge in [0.25, 0.3) is 0 Å². The largest absolute Gasteiger partial charge is 0.492 e. The van der Waals surface area contributed by atoms with Gasteiger partial charge >= 0.3 is 0 Å². The number of ether oxygens (including phenoxy) is 1. The van der Waals surface area contributed by atoms with E-state index in [-0.39, 0.29) is 12.5 Å². The number of carbonyl (C=O) groups excluding carboxylic acids is 1. The zero-order chi connectivity index (χ0) is 24.8. The number of aryl methyl sites for hydroxylation is 1. The maximum Gasteiger partial charge on any atom is 0.238 e. The van der Waals surface area contributed by atoms with Crippen molar-refractivity contribution in [1.29, 1.82) is 0 Å². The van der Waals surface area contributed by atoms with Crippen molar-refractivity contribution < 1.29 is 19.7 Å². The minimum atomic E-state index is -0.618. The Kier molecular flexibility index (Phi) is 8.74. The van der Waals surface area contributed by atoms with Crippen LogP contribution in [-0.4, -0.2) is 107 Å². The number of β-amino-alcohol motifs (C(OH)–C–C–N with tert-alkyl or cyclic N) is 1. The predicted octanol–water partition coefficient (Wildman–Crippen LogP) is 0.0686. The third-order valence-electron chi connectivity index (χ3n) is 6.90. The summed E-state index contributed by atoms with van der Waals surface area (Å²) < 4.78 is 8.20. The minimum absolute atomic E-state index is 0.206. The molecule has 3 unspecified atom stereocenters. The van der Waals surface area contributed by atoms with E-state index in [2.05, 4.69) is 20.6 Å². The van der Waals surface area contributed by atoms with Crippen LogP contribution in [0.2, 0.25) is 0 Å². The number of likely N-dealkylation sites (tertiary alicyclic amines) is 1. The van der Waals surface area contributed by atoms with Crippen LogP contribution in [0, 0.1) is 0 Å². The van der Waals surface area contributed by atoms with Gasteiger partial charge in [0.1, 0.15) is 12.4 Å². The van der Waals surface area contributed by atoms with E-state index in [4.69, 9.17) is 4.74 Å². The molecule has 0 spiro atoms. The Morgan fingerprint density at radius 1 is 1.31 bits per heavy atom. The summed E-state index contributed by atoms with van der Waals surface area (Å²) in [5.41, 5.74) is 2.68. The van der Waals surface area contributed by atoms with Gasteiger partial charge in [-0.2, -0.15) is 5.10 Å². The van der Waals surface area contributed by atoms with E-state index in [1.54, 1.807) is 6.20 Å². The zero-order valence-electron chi connectivity index (χ0n) is 20.7. The number of aliphatic hydroxyl groups is 2. The summed E-state index contributed by atoms with van der Waals surface area (Å²) in [5.74, 6) is 0.434. The second-order valence-corrected chi connectivity index (χ2v) is 9.31. The van der Waals surface area contributed by atoms with Crippen molar-refractivity contribution in [2.24, 2.45) is 0 Å². The van der Waals surface area contributed by atoms with Crippen molar-refractivity contribution in [1.82, 2.24) is 30.2 Å². The van der Waals surface area contributed by atoms with Crippen LogP contribution in [-0.2, 0) is 11.3 Å². The topological polar surface area (TPSA) is 115 Å². The van der Waals surface area contributed by atoms with Gasteiger partial charge in [0, 0.05) is 63.1 Å². The third-order valence-corrected chi connectivity index (χ3v) is 6.90. The summed E-state index contributed by atoms with van der Waals surface area (Å²) in [6.45, 7) is 8.24. The molecule has 2 aliphatic heterocycles. The van der Waals surface area contributed by atoms with Crippen molar-refractivity contribution >= 4 is 5.91 Å². The second kappa shape index (κ2) is 12.0. The van der Waals surface area contributed by atoms with Crippen molar-refractivity contribution in [3.63, 3.8) is 0 Å². The van der Waals surface area contributed by atoms with E-state index in [1.165, 1.54) is 0 Å². The number of nitrogens with zero attached hydrogens (tertiary/aromatic N) is 4. The van der Waals surface area contributed by atoms with Gasteiger partial charge < -0.3 is 25.6 Å². The summed E-state index contributed by atoms with van der Waals surface area (Å²) in [5, 5.41) is 30.9. The molecule has 0 saturated carbocycles. The van der Waals surface area contributed by atoms with Gasteiger partial charge in [0.05, 0.1) is 30.5 Å². The highest BCUT2D eigenvalue weighted by Gasteiger charge is 2.34. The van der Waals surface area contributed by atoms with Gasteiger partial charge in [-0.1, -0.05) is 12.1 Å². The number of rotatable bonds is 10. The van der Waals surface area contributed by atoms with Crippen LogP contribution < -0.4 is 15.4 Å². The van der Waals surface area contributed by atoms with Gasteiger partial charge in [0.15, 0.2) is 0 Å². The lowest BCUT2D eigenvalue weighted by Crippen LogP contribution is -2.45. The summed E-state index contributed by atoms with van der Waals surface area (Å²) >= 11 is 0. The maximum atomic E-state index is 13.0. The fraction of sp³-hybridized carbons (Fsp3) is 0.600. The van der Waals surface area contributed by atoms with Crippen molar-refractivity contribution in [3.8, 4) is 17.0 Å². The molecule has 4 rings (SSSR count). The molecule has 192 valence electrons. The lowest BCUT2D eigenvalue weighted by atomic mass is 10.0. The Balaban J connectivity index is 1.54. The van der Waals surface area contributed by atoms with Gasteiger partial charge in [-0.25, -0.2) is 0 Å². The highest BCUT2D eigenvalue weighted by molar-refractivity contribution is 5.82. The molecule has 1 aromatic heterocycles. The van der Waals surface area contributed by atoms with Crippen LogP contribution >= 0.6 is 0 Å². The van der Waals surface area contributed by atoms with E-state index in [0.29, 0.717) is 25.3 Å². The molecular weight excluding hydrogens is 448 g/mol. The number of likely N-dealkylation sites (N-methyl/N-ethyl adjacent to an activating group) is 1. The Bertz CT molecular complexity index is 977. The van der Waals surface area contributed by atoms with Crippen molar-refractivity contribution in [2.75, 3.05) is 59.5 Å². The number of aliphatic hydroxyl groups excluding tert-OH is 2. The van der Waals surface area contributed by atoms with Crippen LogP contribution in [0.1, 0.15) is 24.9 Å². The molecule has 2 aliphatic rings. The Hall–Kier alpha value is -2.50. The Morgan fingerprint density at radius 3 is 2.80 bits per heavy atom. The quantitative estimate of drug-likeness (QED) is 0.373. The number of benzene rings is 1. The number of nitrogens with one attached hydrogen (secondary N) is 2. The first-order valence-corrected chi connectivity index (χ1v) is 12.5. The SMILES string of the molecule is CCn1nccc1-c1ccc(C(CO)NC(=O)C2CC(O)CN2C)c(OCCN2CCNCC2)c1. The van der Waals surface area contributed by atoms with E-state index in [0.717, 1.165) is 56.1 Å². The van der Waals surface area contributed by atoms with Crippen molar-refractivity contribution in [2.45, 2.75) is 38.1 Å². The molecule has 1 aromatic carbocycles. The molecule has 3 heterocycles. The van der Waals surface area contributed by atoms with Crippen molar-refractivity contribution in [3.05, 3.63) is 36.0 Å². The van der Waals surface area contributed by atoms with Gasteiger partial charge in [-0.05, 0) is 32.5 Å². The summed E-state index contributed by atoms with van der Waals surface area (Å²) in [6.07, 6.45) is 1.64. The van der Waals surface area contributed by atoms with Crippen LogP contribution in [0.4, 0.5) is 0 Å². The van der Waals surface area contributed by atoms with Gasteiger partial charge in [-0.15, -0.1) is 0 Å². The number of carbonyl (C=O) groups is 1. The number of hydrogen-bond donors (Lipinski definition) is 4. The van der Waals surface area contributed by atoms with E-state index in [1.807, 2.05) is 47.8 Å². The van der Waals surface area contributed by atoms with E-state index >= 15 is 0 Å². The highest BCUT2D eigenvalue weighted by Crippen LogP contribution is 2.32. The third kappa shape index (κ3) is 6.20. The normalized spacial score (nSPS) is 22.3. The zero-order valence-corrected chi connectivity index (χ0v) is 20.7. The molecule has 4 N–H and O–H groups in total. The van der Waals surface area contributed by atoms with Gasteiger partial charge in [0.2, 0.25) is 5.91 Å². The lowest BCUT2D eigenvalue weighted by Gasteiger charge is -2.28. The Morgan fingerprint density at radius 2 is 2.11 bits per heavy atom. The fourth-order valence-electron chi connectivity index (χ4n) is 4.92. The van der Waals surface area contributed by atoms with Crippen LogP contribution in [0.5, 0.6) is 5.75 Å². The molecule has 10 heteroatoms. The van der Waals surface area contributed by atoms with E-state index < -0.39 is 18.2 Å². The molecule has 1 amide bonds. The molecule has 35 heavy (non-hydrogen) atoms. The maximum absolute atomic E-state index is 13.0.